The predicted octanol–water partition coefficient (Wildman–Crippen LogP) is 3.14. The van der Waals surface area contributed by atoms with Gasteiger partial charge in [0.15, 0.2) is 0 Å². The monoisotopic (exact) mass is 313 g/mol. The van der Waals surface area contributed by atoms with Gasteiger partial charge in [-0.2, -0.15) is 0 Å². The van der Waals surface area contributed by atoms with Gasteiger partial charge in [-0.1, -0.05) is 19.9 Å². The molecule has 0 aromatic carbocycles. The van der Waals surface area contributed by atoms with Gasteiger partial charge in [0, 0.05) is 44.6 Å². The SMILES string of the molecule is COC[C@@]12CN(Cc3cn4cc(C)ccc4n3)C[C@@H]1C(C)(C)C2. The maximum atomic E-state index is 5.56. The number of ether oxygens (including phenoxy) is 1. The molecule has 1 aliphatic heterocycles. The molecule has 1 saturated carbocycles. The molecule has 2 aromatic rings. The Kier molecular flexibility index (Phi) is 3.33. The van der Waals surface area contributed by atoms with E-state index in [0.717, 1.165) is 31.3 Å². The Labute approximate surface area is 138 Å². The average Bonchev–Trinajstić information content (AvgIpc) is 2.98. The van der Waals surface area contributed by atoms with E-state index in [0.29, 0.717) is 10.8 Å². The second-order valence-electron chi connectivity index (χ2n) is 8.39. The third-order valence-corrected chi connectivity index (χ3v) is 5.94. The third-order valence-electron chi connectivity index (χ3n) is 5.94. The number of nitrogens with zero attached hydrogens (tertiary/aromatic N) is 3. The summed E-state index contributed by atoms with van der Waals surface area (Å²) >= 11 is 0. The fourth-order valence-corrected chi connectivity index (χ4v) is 5.29. The van der Waals surface area contributed by atoms with Crippen LogP contribution in [0.25, 0.3) is 5.65 Å². The second kappa shape index (κ2) is 5.05. The van der Waals surface area contributed by atoms with Crippen molar-refractivity contribution in [2.45, 2.75) is 33.7 Å². The minimum absolute atomic E-state index is 0.369. The van der Waals surface area contributed by atoms with Crippen molar-refractivity contribution in [1.82, 2.24) is 14.3 Å². The van der Waals surface area contributed by atoms with E-state index in [4.69, 9.17) is 9.72 Å². The molecule has 2 fully saturated rings. The van der Waals surface area contributed by atoms with E-state index in [-0.39, 0.29) is 0 Å². The molecule has 0 unspecified atom stereocenters. The normalized spacial score (nSPS) is 29.7. The number of aromatic nitrogens is 2. The number of methoxy groups -OCH3 is 1. The first-order valence-electron chi connectivity index (χ1n) is 8.57. The number of imidazole rings is 1. The van der Waals surface area contributed by atoms with Gasteiger partial charge in [0.2, 0.25) is 0 Å². The van der Waals surface area contributed by atoms with E-state index in [1.165, 1.54) is 24.2 Å². The van der Waals surface area contributed by atoms with Crippen molar-refractivity contribution in [3.05, 3.63) is 35.8 Å². The molecule has 0 N–H and O–H groups in total. The molecule has 23 heavy (non-hydrogen) atoms. The molecule has 1 aliphatic carbocycles. The number of hydrogen-bond acceptors (Lipinski definition) is 3. The van der Waals surface area contributed by atoms with Crippen molar-refractivity contribution >= 4 is 5.65 Å². The molecular weight excluding hydrogens is 286 g/mol. The zero-order chi connectivity index (χ0) is 16.2. The Morgan fingerprint density at radius 2 is 2.13 bits per heavy atom. The Morgan fingerprint density at radius 3 is 2.87 bits per heavy atom. The largest absolute Gasteiger partial charge is 0.384 e. The van der Waals surface area contributed by atoms with Crippen LogP contribution in [-0.2, 0) is 11.3 Å². The van der Waals surface area contributed by atoms with Crippen molar-refractivity contribution in [3.63, 3.8) is 0 Å². The van der Waals surface area contributed by atoms with Crippen LogP contribution >= 0.6 is 0 Å². The summed E-state index contributed by atoms with van der Waals surface area (Å²) in [4.78, 5) is 7.36. The number of rotatable bonds is 4. The highest BCUT2D eigenvalue weighted by Crippen LogP contribution is 2.62. The highest BCUT2D eigenvalue weighted by atomic mass is 16.5. The van der Waals surface area contributed by atoms with Crippen LogP contribution in [0.1, 0.15) is 31.5 Å². The van der Waals surface area contributed by atoms with Crippen molar-refractivity contribution in [1.29, 1.82) is 0 Å². The molecule has 2 aliphatic rings. The van der Waals surface area contributed by atoms with Crippen molar-refractivity contribution in [2.75, 3.05) is 26.8 Å². The molecule has 2 atom stereocenters. The maximum absolute atomic E-state index is 5.56. The van der Waals surface area contributed by atoms with Crippen LogP contribution in [0.2, 0.25) is 0 Å². The molecule has 4 heteroatoms. The number of hydrogen-bond donors (Lipinski definition) is 0. The molecule has 2 aromatic heterocycles. The zero-order valence-corrected chi connectivity index (χ0v) is 14.7. The lowest BCUT2D eigenvalue weighted by Crippen LogP contribution is -2.55. The van der Waals surface area contributed by atoms with Crippen LogP contribution in [0.4, 0.5) is 0 Å². The molecule has 1 saturated heterocycles. The fraction of sp³-hybridized carbons (Fsp3) is 0.632. The van der Waals surface area contributed by atoms with Gasteiger partial charge < -0.3 is 9.14 Å². The minimum Gasteiger partial charge on any atom is -0.384 e. The van der Waals surface area contributed by atoms with Gasteiger partial charge in [0.25, 0.3) is 0 Å². The summed E-state index contributed by atoms with van der Waals surface area (Å²) in [5.74, 6) is 0.745. The number of pyridine rings is 1. The van der Waals surface area contributed by atoms with Gasteiger partial charge >= 0.3 is 0 Å². The van der Waals surface area contributed by atoms with Gasteiger partial charge in [0.1, 0.15) is 5.65 Å². The summed E-state index contributed by atoms with van der Waals surface area (Å²) in [5.41, 5.74) is 4.29. The highest BCUT2D eigenvalue weighted by molar-refractivity contribution is 5.41. The maximum Gasteiger partial charge on any atom is 0.137 e. The van der Waals surface area contributed by atoms with E-state index in [1.54, 1.807) is 0 Å². The van der Waals surface area contributed by atoms with Crippen molar-refractivity contribution in [3.8, 4) is 0 Å². The molecule has 0 amide bonds. The summed E-state index contributed by atoms with van der Waals surface area (Å²) in [7, 11) is 1.84. The number of likely N-dealkylation sites (tertiary alicyclic amines) is 1. The first-order valence-corrected chi connectivity index (χ1v) is 8.57. The summed E-state index contributed by atoms with van der Waals surface area (Å²) in [6.45, 7) is 11.1. The standard InChI is InChI=1S/C19H27N3O/c1-14-5-6-17-20-15(9-22(17)7-14)8-21-10-16-18(2,3)11-19(16,12-21)13-23-4/h5-7,9,16H,8,10-13H2,1-4H3/t16-,19-/m1/s1. The molecule has 0 bridgehead atoms. The second-order valence-corrected chi connectivity index (χ2v) is 8.39. The zero-order valence-electron chi connectivity index (χ0n) is 14.7. The van der Waals surface area contributed by atoms with Crippen LogP contribution in [-0.4, -0.2) is 41.1 Å². The number of aryl methyl sites for hydroxylation is 1. The van der Waals surface area contributed by atoms with E-state index in [9.17, 15) is 0 Å². The molecule has 0 radical (unpaired) electrons. The summed E-state index contributed by atoms with van der Waals surface area (Å²) in [6.07, 6.45) is 5.60. The Bertz CT molecular complexity index is 735. The average molecular weight is 313 g/mol. The summed E-state index contributed by atoms with van der Waals surface area (Å²) in [5, 5.41) is 0. The minimum atomic E-state index is 0.369. The van der Waals surface area contributed by atoms with E-state index < -0.39 is 0 Å². The van der Waals surface area contributed by atoms with Gasteiger partial charge in [-0.25, -0.2) is 4.98 Å². The van der Waals surface area contributed by atoms with E-state index >= 15 is 0 Å². The van der Waals surface area contributed by atoms with Crippen LogP contribution in [0, 0.1) is 23.7 Å². The molecule has 3 heterocycles. The molecule has 124 valence electrons. The lowest BCUT2D eigenvalue weighted by atomic mass is 9.48. The van der Waals surface area contributed by atoms with Crippen LogP contribution < -0.4 is 0 Å². The summed E-state index contributed by atoms with van der Waals surface area (Å²) < 4.78 is 7.70. The molecule has 4 nitrogen and oxygen atoms in total. The topological polar surface area (TPSA) is 29.8 Å². The Balaban J connectivity index is 1.53. The van der Waals surface area contributed by atoms with Gasteiger partial charge in [-0.3, -0.25) is 4.90 Å². The molecular formula is C19H27N3O. The van der Waals surface area contributed by atoms with Crippen LogP contribution in [0.15, 0.2) is 24.5 Å². The summed E-state index contributed by atoms with van der Waals surface area (Å²) in [6, 6.07) is 4.22. The van der Waals surface area contributed by atoms with Crippen molar-refractivity contribution < 1.29 is 4.74 Å². The van der Waals surface area contributed by atoms with E-state index in [2.05, 4.69) is 54.6 Å². The number of fused-ring (bicyclic) bond motifs is 2. The lowest BCUT2D eigenvalue weighted by Gasteiger charge is -2.56. The van der Waals surface area contributed by atoms with Crippen molar-refractivity contribution in [2.24, 2.45) is 16.7 Å². The first-order chi connectivity index (χ1) is 10.9. The lowest BCUT2D eigenvalue weighted by molar-refractivity contribution is -0.107. The van der Waals surface area contributed by atoms with Gasteiger partial charge in [-0.15, -0.1) is 0 Å². The Morgan fingerprint density at radius 1 is 1.30 bits per heavy atom. The van der Waals surface area contributed by atoms with Crippen LogP contribution in [0.3, 0.4) is 0 Å². The molecule has 4 rings (SSSR count). The predicted molar refractivity (Wildman–Crippen MR) is 91.4 cm³/mol. The smallest absolute Gasteiger partial charge is 0.137 e. The quantitative estimate of drug-likeness (QED) is 0.868. The third kappa shape index (κ3) is 2.39. The van der Waals surface area contributed by atoms with Crippen LogP contribution in [0.5, 0.6) is 0 Å². The molecule has 0 spiro atoms. The Hall–Kier alpha value is -1.39. The van der Waals surface area contributed by atoms with Gasteiger partial charge in [-0.05, 0) is 36.3 Å². The first kappa shape index (κ1) is 15.2. The fourth-order valence-electron chi connectivity index (χ4n) is 5.29. The van der Waals surface area contributed by atoms with Gasteiger partial charge in [0.05, 0.1) is 12.3 Å². The van der Waals surface area contributed by atoms with E-state index in [1.807, 2.05) is 7.11 Å². The highest BCUT2D eigenvalue weighted by Gasteiger charge is 2.62.